The van der Waals surface area contributed by atoms with Gasteiger partial charge in [0.1, 0.15) is 5.82 Å². The Bertz CT molecular complexity index is 414. The van der Waals surface area contributed by atoms with Gasteiger partial charge in [0.2, 0.25) is 0 Å². The predicted octanol–water partition coefficient (Wildman–Crippen LogP) is 4.40. The van der Waals surface area contributed by atoms with E-state index in [-0.39, 0.29) is 11.2 Å². The average Bonchev–Trinajstić information content (AvgIpc) is 2.33. The van der Waals surface area contributed by atoms with Crippen molar-refractivity contribution in [3.63, 3.8) is 0 Å². The van der Waals surface area contributed by atoms with Crippen LogP contribution in [-0.4, -0.2) is 18.0 Å². The zero-order valence-corrected chi connectivity index (χ0v) is 12.5. The van der Waals surface area contributed by atoms with E-state index in [2.05, 4.69) is 31.7 Å². The van der Waals surface area contributed by atoms with E-state index in [9.17, 15) is 4.39 Å². The molecule has 1 nitrogen and oxygen atoms in total. The van der Waals surface area contributed by atoms with E-state index in [1.807, 2.05) is 6.07 Å². The van der Waals surface area contributed by atoms with Crippen LogP contribution >= 0.6 is 0 Å². The zero-order valence-electron chi connectivity index (χ0n) is 12.5. The van der Waals surface area contributed by atoms with Crippen molar-refractivity contribution < 1.29 is 4.39 Å². The highest BCUT2D eigenvalue weighted by atomic mass is 19.1. The summed E-state index contributed by atoms with van der Waals surface area (Å²) in [6.07, 6.45) is 4.70. The molecule has 0 aliphatic carbocycles. The van der Waals surface area contributed by atoms with Gasteiger partial charge in [-0.05, 0) is 55.0 Å². The highest BCUT2D eigenvalue weighted by molar-refractivity contribution is 5.25. The lowest BCUT2D eigenvalue weighted by atomic mass is 9.87. The SMILES string of the molecule is CC(C)(C)Cc1ccc(CN2CCCCC2)cc1F. The van der Waals surface area contributed by atoms with E-state index >= 15 is 0 Å². The molecule has 0 bridgehead atoms. The van der Waals surface area contributed by atoms with Crippen LogP contribution < -0.4 is 0 Å². The summed E-state index contributed by atoms with van der Waals surface area (Å²) in [5, 5.41) is 0. The van der Waals surface area contributed by atoms with Crippen molar-refractivity contribution in [1.29, 1.82) is 0 Å². The second-order valence-corrected chi connectivity index (χ2v) is 7.00. The Balaban J connectivity index is 2.01. The Morgan fingerprint density at radius 3 is 2.37 bits per heavy atom. The molecule has 19 heavy (non-hydrogen) atoms. The summed E-state index contributed by atoms with van der Waals surface area (Å²) in [5.74, 6) is -0.0376. The molecule has 0 unspecified atom stereocenters. The molecule has 1 aromatic carbocycles. The molecule has 106 valence electrons. The molecular formula is C17H26FN. The number of benzene rings is 1. The monoisotopic (exact) mass is 263 g/mol. The van der Waals surface area contributed by atoms with Crippen LogP contribution in [0.2, 0.25) is 0 Å². The molecule has 0 radical (unpaired) electrons. The molecule has 1 heterocycles. The first kappa shape index (κ1) is 14.5. The number of piperidine rings is 1. The van der Waals surface area contributed by atoms with Crippen LogP contribution in [0.4, 0.5) is 4.39 Å². The van der Waals surface area contributed by atoms with Gasteiger partial charge in [-0.15, -0.1) is 0 Å². The van der Waals surface area contributed by atoms with E-state index in [1.165, 1.54) is 19.3 Å². The third kappa shape index (κ3) is 4.61. The molecular weight excluding hydrogens is 237 g/mol. The van der Waals surface area contributed by atoms with Crippen molar-refractivity contribution in [1.82, 2.24) is 4.90 Å². The minimum atomic E-state index is -0.0376. The predicted molar refractivity (Wildman–Crippen MR) is 78.7 cm³/mol. The maximum absolute atomic E-state index is 14.1. The van der Waals surface area contributed by atoms with Gasteiger partial charge in [-0.2, -0.15) is 0 Å². The standard InChI is InChI=1S/C17H26FN/c1-17(2,3)12-15-8-7-14(11-16(15)18)13-19-9-5-4-6-10-19/h7-8,11H,4-6,9-10,12-13H2,1-3H3. The minimum Gasteiger partial charge on any atom is -0.299 e. The van der Waals surface area contributed by atoms with Crippen LogP contribution in [0.25, 0.3) is 0 Å². The van der Waals surface area contributed by atoms with Crippen LogP contribution in [0.1, 0.15) is 51.2 Å². The largest absolute Gasteiger partial charge is 0.299 e. The Labute approximate surface area is 116 Å². The van der Waals surface area contributed by atoms with Gasteiger partial charge in [-0.1, -0.05) is 39.3 Å². The van der Waals surface area contributed by atoms with Crippen LogP contribution in [0.15, 0.2) is 18.2 Å². The second kappa shape index (κ2) is 6.04. The summed E-state index contributed by atoms with van der Waals surface area (Å²) in [5.41, 5.74) is 2.09. The number of rotatable bonds is 3. The quantitative estimate of drug-likeness (QED) is 0.781. The average molecular weight is 263 g/mol. The summed E-state index contributed by atoms with van der Waals surface area (Å²) < 4.78 is 14.1. The van der Waals surface area contributed by atoms with Crippen molar-refractivity contribution >= 4 is 0 Å². The first-order valence-electron chi connectivity index (χ1n) is 7.44. The van der Waals surface area contributed by atoms with Crippen molar-refractivity contribution in [3.8, 4) is 0 Å². The lowest BCUT2D eigenvalue weighted by molar-refractivity contribution is 0.220. The van der Waals surface area contributed by atoms with Crippen molar-refractivity contribution in [2.75, 3.05) is 13.1 Å². The Kier molecular flexibility index (Phi) is 4.62. The van der Waals surface area contributed by atoms with Gasteiger partial charge in [-0.3, -0.25) is 4.90 Å². The highest BCUT2D eigenvalue weighted by Gasteiger charge is 2.15. The maximum atomic E-state index is 14.1. The van der Waals surface area contributed by atoms with Gasteiger partial charge in [-0.25, -0.2) is 4.39 Å². The van der Waals surface area contributed by atoms with Gasteiger partial charge in [0, 0.05) is 6.54 Å². The van der Waals surface area contributed by atoms with E-state index < -0.39 is 0 Å². The van der Waals surface area contributed by atoms with Crippen LogP contribution in [-0.2, 0) is 13.0 Å². The van der Waals surface area contributed by atoms with Crippen molar-refractivity contribution in [2.24, 2.45) is 5.41 Å². The maximum Gasteiger partial charge on any atom is 0.126 e. The fraction of sp³-hybridized carbons (Fsp3) is 0.647. The molecule has 1 fully saturated rings. The molecule has 0 amide bonds. The molecule has 0 aromatic heterocycles. The molecule has 1 aliphatic heterocycles. The van der Waals surface area contributed by atoms with E-state index in [4.69, 9.17) is 0 Å². The lowest BCUT2D eigenvalue weighted by Gasteiger charge is -2.26. The molecule has 2 heteroatoms. The van der Waals surface area contributed by atoms with Gasteiger partial charge >= 0.3 is 0 Å². The molecule has 1 saturated heterocycles. The summed E-state index contributed by atoms with van der Waals surface area (Å²) >= 11 is 0. The number of halogens is 1. The van der Waals surface area contributed by atoms with Crippen molar-refractivity contribution in [2.45, 2.75) is 53.0 Å². The fourth-order valence-electron chi connectivity index (χ4n) is 2.78. The van der Waals surface area contributed by atoms with E-state index in [0.29, 0.717) is 0 Å². The van der Waals surface area contributed by atoms with E-state index in [1.54, 1.807) is 6.07 Å². The highest BCUT2D eigenvalue weighted by Crippen LogP contribution is 2.23. The number of hydrogen-bond donors (Lipinski definition) is 0. The zero-order chi connectivity index (χ0) is 13.9. The Morgan fingerprint density at radius 2 is 1.79 bits per heavy atom. The molecule has 2 rings (SSSR count). The summed E-state index contributed by atoms with van der Waals surface area (Å²) in [7, 11) is 0. The Morgan fingerprint density at radius 1 is 1.11 bits per heavy atom. The lowest BCUT2D eigenvalue weighted by Crippen LogP contribution is -2.29. The van der Waals surface area contributed by atoms with Gasteiger partial charge in [0.05, 0.1) is 0 Å². The van der Waals surface area contributed by atoms with Gasteiger partial charge < -0.3 is 0 Å². The topological polar surface area (TPSA) is 3.24 Å². The molecule has 1 aliphatic rings. The second-order valence-electron chi connectivity index (χ2n) is 7.00. The number of hydrogen-bond acceptors (Lipinski definition) is 1. The Hall–Kier alpha value is -0.890. The molecule has 1 aromatic rings. The van der Waals surface area contributed by atoms with Gasteiger partial charge in [0.15, 0.2) is 0 Å². The third-order valence-electron chi connectivity index (χ3n) is 3.69. The first-order valence-corrected chi connectivity index (χ1v) is 7.44. The minimum absolute atomic E-state index is 0.0376. The molecule has 0 N–H and O–H groups in total. The fourth-order valence-corrected chi connectivity index (χ4v) is 2.78. The number of likely N-dealkylation sites (tertiary alicyclic amines) is 1. The third-order valence-corrected chi connectivity index (χ3v) is 3.69. The normalized spacial score (nSPS) is 17.7. The summed E-state index contributed by atoms with van der Waals surface area (Å²) in [6.45, 7) is 9.65. The van der Waals surface area contributed by atoms with Crippen LogP contribution in [0.3, 0.4) is 0 Å². The van der Waals surface area contributed by atoms with Crippen molar-refractivity contribution in [3.05, 3.63) is 35.1 Å². The first-order chi connectivity index (χ1) is 8.94. The summed E-state index contributed by atoms with van der Waals surface area (Å²) in [4.78, 5) is 2.43. The molecule has 0 spiro atoms. The van der Waals surface area contributed by atoms with E-state index in [0.717, 1.165) is 37.2 Å². The van der Waals surface area contributed by atoms with Gasteiger partial charge in [0.25, 0.3) is 0 Å². The smallest absolute Gasteiger partial charge is 0.126 e. The molecule has 0 atom stereocenters. The number of nitrogens with zero attached hydrogens (tertiary/aromatic N) is 1. The summed E-state index contributed by atoms with van der Waals surface area (Å²) in [6, 6.07) is 5.80. The van der Waals surface area contributed by atoms with Crippen LogP contribution in [0, 0.1) is 11.2 Å². The van der Waals surface area contributed by atoms with Crippen LogP contribution in [0.5, 0.6) is 0 Å². The molecule has 0 saturated carbocycles.